The largest absolute Gasteiger partial charge is 0.493 e. The molecule has 2 atom stereocenters. The average Bonchev–Trinajstić information content (AvgIpc) is 2.97. The first-order valence-corrected chi connectivity index (χ1v) is 7.46. The topological polar surface area (TPSA) is 44.5 Å². The summed E-state index contributed by atoms with van der Waals surface area (Å²) in [5.41, 5.74) is 8.85. The van der Waals surface area contributed by atoms with Gasteiger partial charge in [-0.1, -0.05) is 18.2 Å². The van der Waals surface area contributed by atoms with Crippen LogP contribution in [0.15, 0.2) is 18.2 Å². The molecular weight excluding hydrogens is 238 g/mol. The Labute approximate surface area is 115 Å². The fourth-order valence-electron chi connectivity index (χ4n) is 3.10. The fourth-order valence-corrected chi connectivity index (χ4v) is 3.10. The van der Waals surface area contributed by atoms with E-state index >= 15 is 0 Å². The van der Waals surface area contributed by atoms with Gasteiger partial charge in [-0.3, -0.25) is 0 Å². The highest BCUT2D eigenvalue weighted by atomic mass is 16.5. The van der Waals surface area contributed by atoms with Crippen LogP contribution in [0.4, 0.5) is 0 Å². The first kappa shape index (κ1) is 12.9. The predicted octanol–water partition coefficient (Wildman–Crippen LogP) is 2.97. The first-order chi connectivity index (χ1) is 9.34. The van der Waals surface area contributed by atoms with Gasteiger partial charge < -0.3 is 15.2 Å². The molecule has 1 saturated heterocycles. The van der Waals surface area contributed by atoms with Crippen molar-refractivity contribution in [3.8, 4) is 5.75 Å². The molecule has 1 fully saturated rings. The number of para-hydroxylation sites is 1. The lowest BCUT2D eigenvalue weighted by Crippen LogP contribution is -2.18. The number of rotatable bonds is 4. The molecule has 0 saturated carbocycles. The van der Waals surface area contributed by atoms with Crippen LogP contribution in [-0.2, 0) is 11.2 Å². The van der Waals surface area contributed by atoms with Crippen molar-refractivity contribution in [3.05, 3.63) is 29.3 Å². The van der Waals surface area contributed by atoms with Crippen molar-refractivity contribution in [1.82, 2.24) is 0 Å². The van der Waals surface area contributed by atoms with Crippen LogP contribution in [0.2, 0.25) is 0 Å². The van der Waals surface area contributed by atoms with Gasteiger partial charge in [-0.15, -0.1) is 0 Å². The van der Waals surface area contributed by atoms with Gasteiger partial charge in [0.05, 0.1) is 12.7 Å². The first-order valence-electron chi connectivity index (χ1n) is 7.46. The highest BCUT2D eigenvalue weighted by Crippen LogP contribution is 2.34. The van der Waals surface area contributed by atoms with Gasteiger partial charge in [-0.25, -0.2) is 0 Å². The second-order valence-corrected chi connectivity index (χ2v) is 5.61. The Morgan fingerprint density at radius 3 is 3.05 bits per heavy atom. The van der Waals surface area contributed by atoms with Crippen LogP contribution in [0, 0.1) is 0 Å². The maximum Gasteiger partial charge on any atom is 0.127 e. The quantitative estimate of drug-likeness (QED) is 0.906. The van der Waals surface area contributed by atoms with Crippen molar-refractivity contribution in [2.24, 2.45) is 5.73 Å². The molecule has 0 bridgehead atoms. The molecule has 3 nitrogen and oxygen atoms in total. The van der Waals surface area contributed by atoms with Crippen LogP contribution in [0.25, 0.3) is 0 Å². The van der Waals surface area contributed by atoms with Gasteiger partial charge in [-0.2, -0.15) is 0 Å². The van der Waals surface area contributed by atoms with Crippen LogP contribution >= 0.6 is 0 Å². The lowest BCUT2D eigenvalue weighted by atomic mass is 9.95. The molecule has 0 radical (unpaired) electrons. The smallest absolute Gasteiger partial charge is 0.127 e. The maximum atomic E-state index is 6.36. The Morgan fingerprint density at radius 2 is 2.21 bits per heavy atom. The van der Waals surface area contributed by atoms with Crippen LogP contribution in [0.1, 0.15) is 49.3 Å². The van der Waals surface area contributed by atoms with E-state index in [1.165, 1.54) is 24.0 Å². The van der Waals surface area contributed by atoms with E-state index in [1.54, 1.807) is 0 Å². The summed E-state index contributed by atoms with van der Waals surface area (Å²) in [6.45, 7) is 1.74. The molecule has 1 aromatic rings. The molecule has 3 rings (SSSR count). The molecule has 2 N–H and O–H groups in total. The van der Waals surface area contributed by atoms with Crippen LogP contribution in [0.5, 0.6) is 5.75 Å². The molecule has 2 heterocycles. The Kier molecular flexibility index (Phi) is 4.04. The summed E-state index contributed by atoms with van der Waals surface area (Å²) in [6, 6.07) is 6.45. The molecule has 2 unspecified atom stereocenters. The van der Waals surface area contributed by atoms with Crippen molar-refractivity contribution in [2.75, 3.05) is 13.2 Å². The molecule has 19 heavy (non-hydrogen) atoms. The summed E-state index contributed by atoms with van der Waals surface area (Å²) in [5, 5.41) is 0. The minimum Gasteiger partial charge on any atom is -0.493 e. The highest BCUT2D eigenvalue weighted by Gasteiger charge is 2.21. The number of hydrogen-bond acceptors (Lipinski definition) is 3. The summed E-state index contributed by atoms with van der Waals surface area (Å²) in [5.74, 6) is 1.05. The minimum atomic E-state index is 0.0669. The molecule has 104 valence electrons. The van der Waals surface area contributed by atoms with E-state index in [1.807, 2.05) is 0 Å². The van der Waals surface area contributed by atoms with E-state index in [0.717, 1.165) is 44.6 Å². The van der Waals surface area contributed by atoms with Crippen molar-refractivity contribution in [1.29, 1.82) is 0 Å². The number of aryl methyl sites for hydroxylation is 1. The van der Waals surface area contributed by atoms with Gasteiger partial charge in [-0.05, 0) is 44.1 Å². The van der Waals surface area contributed by atoms with E-state index in [0.29, 0.717) is 6.10 Å². The zero-order valence-corrected chi connectivity index (χ0v) is 11.4. The standard InChI is InChI=1S/C16H23NO2/c17-15(9-8-13-6-3-10-18-13)14-7-1-4-12-5-2-11-19-16(12)14/h1,4,7,13,15H,2-3,5-6,8-11,17H2. The number of ether oxygens (including phenoxy) is 2. The monoisotopic (exact) mass is 261 g/mol. The Balaban J connectivity index is 1.67. The highest BCUT2D eigenvalue weighted by molar-refractivity contribution is 5.44. The third-order valence-corrected chi connectivity index (χ3v) is 4.19. The lowest BCUT2D eigenvalue weighted by molar-refractivity contribution is 0.101. The van der Waals surface area contributed by atoms with Gasteiger partial charge in [0.15, 0.2) is 0 Å². The fraction of sp³-hybridized carbons (Fsp3) is 0.625. The van der Waals surface area contributed by atoms with E-state index in [2.05, 4.69) is 18.2 Å². The molecule has 1 aromatic carbocycles. The summed E-state index contributed by atoms with van der Waals surface area (Å²) in [7, 11) is 0. The van der Waals surface area contributed by atoms with Crippen LogP contribution in [0.3, 0.4) is 0 Å². The Morgan fingerprint density at radius 1 is 1.26 bits per heavy atom. The molecule has 2 aliphatic heterocycles. The SMILES string of the molecule is NC(CCC1CCCO1)c1cccc2c1OCCC2. The number of nitrogens with two attached hydrogens (primary N) is 1. The maximum absolute atomic E-state index is 6.36. The zero-order chi connectivity index (χ0) is 13.1. The van der Waals surface area contributed by atoms with Gasteiger partial charge in [0, 0.05) is 18.2 Å². The van der Waals surface area contributed by atoms with Gasteiger partial charge in [0.25, 0.3) is 0 Å². The average molecular weight is 261 g/mol. The Bertz CT molecular complexity index is 427. The second-order valence-electron chi connectivity index (χ2n) is 5.61. The summed E-state index contributed by atoms with van der Waals surface area (Å²) in [4.78, 5) is 0. The number of benzene rings is 1. The van der Waals surface area contributed by atoms with E-state index in [4.69, 9.17) is 15.2 Å². The van der Waals surface area contributed by atoms with E-state index in [9.17, 15) is 0 Å². The summed E-state index contributed by atoms with van der Waals surface area (Å²) in [6.07, 6.45) is 7.07. The lowest BCUT2D eigenvalue weighted by Gasteiger charge is -2.23. The van der Waals surface area contributed by atoms with Crippen molar-refractivity contribution in [2.45, 2.75) is 50.7 Å². The number of hydrogen-bond donors (Lipinski definition) is 1. The third-order valence-electron chi connectivity index (χ3n) is 4.19. The molecular formula is C16H23NO2. The predicted molar refractivity (Wildman–Crippen MR) is 75.4 cm³/mol. The minimum absolute atomic E-state index is 0.0669. The van der Waals surface area contributed by atoms with Gasteiger partial charge >= 0.3 is 0 Å². The molecule has 3 heteroatoms. The second kappa shape index (κ2) is 5.93. The number of fused-ring (bicyclic) bond motifs is 1. The Hall–Kier alpha value is -1.06. The van der Waals surface area contributed by atoms with Crippen molar-refractivity contribution < 1.29 is 9.47 Å². The van der Waals surface area contributed by atoms with Crippen molar-refractivity contribution >= 4 is 0 Å². The summed E-state index contributed by atoms with van der Waals surface area (Å²) >= 11 is 0. The van der Waals surface area contributed by atoms with E-state index < -0.39 is 0 Å². The van der Waals surface area contributed by atoms with Crippen LogP contribution in [-0.4, -0.2) is 19.3 Å². The summed E-state index contributed by atoms with van der Waals surface area (Å²) < 4.78 is 11.5. The third kappa shape index (κ3) is 2.93. The molecule has 0 spiro atoms. The normalized spacial score (nSPS) is 23.7. The molecule has 2 aliphatic rings. The van der Waals surface area contributed by atoms with Gasteiger partial charge in [0.2, 0.25) is 0 Å². The molecule has 0 aromatic heterocycles. The molecule has 0 aliphatic carbocycles. The van der Waals surface area contributed by atoms with Gasteiger partial charge in [0.1, 0.15) is 5.75 Å². The zero-order valence-electron chi connectivity index (χ0n) is 11.4. The molecule has 0 amide bonds. The van der Waals surface area contributed by atoms with Crippen LogP contribution < -0.4 is 10.5 Å². The van der Waals surface area contributed by atoms with Crippen molar-refractivity contribution in [3.63, 3.8) is 0 Å². The van der Waals surface area contributed by atoms with E-state index in [-0.39, 0.29) is 6.04 Å².